The molecule has 3 aromatic rings. The van der Waals surface area contributed by atoms with Gasteiger partial charge in [0, 0.05) is 26.8 Å². The number of hydrogen-bond donors (Lipinski definition) is 0. The maximum atomic E-state index is 11.9. The number of hydrogen-bond acceptors (Lipinski definition) is 12. The molecule has 1 aliphatic rings. The number of imidazole rings is 1. The largest absolute Gasteiger partial charge is 0.459 e. The molecular formula is C19H18ClN5O8. The van der Waals surface area contributed by atoms with E-state index >= 15 is 0 Å². The minimum atomic E-state index is -1.10. The van der Waals surface area contributed by atoms with Crippen LogP contribution >= 0.6 is 11.6 Å². The van der Waals surface area contributed by atoms with Gasteiger partial charge in [-0.05, 0) is 0 Å². The Bertz CT molecular complexity index is 1210. The minimum Gasteiger partial charge on any atom is -0.459 e. The van der Waals surface area contributed by atoms with E-state index in [9.17, 15) is 14.4 Å². The summed E-state index contributed by atoms with van der Waals surface area (Å²) in [6.07, 6.45) is -1.58. The molecule has 0 N–H and O–H groups in total. The summed E-state index contributed by atoms with van der Waals surface area (Å²) in [5.74, 6) is -1.58. The topological polar surface area (TPSA) is 158 Å². The van der Waals surface area contributed by atoms with Crippen LogP contribution < -0.4 is 0 Å². The van der Waals surface area contributed by atoms with Crippen molar-refractivity contribution in [3.8, 4) is 0 Å². The Morgan fingerprint density at radius 3 is 2.48 bits per heavy atom. The Hall–Kier alpha value is -3.58. The van der Waals surface area contributed by atoms with Gasteiger partial charge < -0.3 is 23.5 Å². The Morgan fingerprint density at radius 1 is 1.06 bits per heavy atom. The standard InChI is InChI=1S/C19H18ClN5O8/c1-8(26)29-5-11-4-12(33-24-11)14-15(30-9(2)27)16(31-10(3)28)19(32-14)25-7-23-13-17(20)21-6-22-18(13)25/h4,6-7,14-16,19H,5H2,1-3H3. The molecule has 4 heterocycles. The Morgan fingerprint density at radius 2 is 1.79 bits per heavy atom. The SMILES string of the molecule is CC(=O)OCc1cc(C2OC(n3cnc4c(Cl)ncnc43)C(OC(C)=O)C2OC(C)=O)on1. The molecule has 0 spiro atoms. The van der Waals surface area contributed by atoms with Gasteiger partial charge in [0.15, 0.2) is 41.1 Å². The average molecular weight is 480 g/mol. The van der Waals surface area contributed by atoms with E-state index in [1.54, 1.807) is 0 Å². The fourth-order valence-electron chi connectivity index (χ4n) is 3.45. The maximum absolute atomic E-state index is 11.9. The molecular weight excluding hydrogens is 462 g/mol. The summed E-state index contributed by atoms with van der Waals surface area (Å²) in [7, 11) is 0. The minimum absolute atomic E-state index is 0.123. The van der Waals surface area contributed by atoms with Gasteiger partial charge in [-0.25, -0.2) is 15.0 Å². The van der Waals surface area contributed by atoms with E-state index in [1.807, 2.05) is 0 Å². The molecule has 1 saturated heterocycles. The number of aromatic nitrogens is 5. The first-order valence-corrected chi connectivity index (χ1v) is 10.0. The van der Waals surface area contributed by atoms with Gasteiger partial charge in [-0.3, -0.25) is 19.0 Å². The van der Waals surface area contributed by atoms with Crippen LogP contribution in [-0.4, -0.2) is 54.8 Å². The summed E-state index contributed by atoms with van der Waals surface area (Å²) in [6, 6.07) is 1.49. The Kier molecular flexibility index (Phi) is 6.24. The zero-order chi connectivity index (χ0) is 23.7. The fraction of sp³-hybridized carbons (Fsp3) is 0.421. The molecule has 4 atom stereocenters. The normalized spacial score (nSPS) is 22.3. The second kappa shape index (κ2) is 9.11. The molecule has 1 aliphatic heterocycles. The second-order valence-corrected chi connectivity index (χ2v) is 7.44. The Labute approximate surface area is 190 Å². The number of halogens is 1. The lowest BCUT2D eigenvalue weighted by Gasteiger charge is -2.23. The van der Waals surface area contributed by atoms with Gasteiger partial charge in [0.05, 0.1) is 6.33 Å². The zero-order valence-corrected chi connectivity index (χ0v) is 18.4. The van der Waals surface area contributed by atoms with E-state index < -0.39 is 42.4 Å². The molecule has 33 heavy (non-hydrogen) atoms. The summed E-state index contributed by atoms with van der Waals surface area (Å²) >= 11 is 6.09. The quantitative estimate of drug-likeness (QED) is 0.286. The highest BCUT2D eigenvalue weighted by Gasteiger charge is 2.52. The van der Waals surface area contributed by atoms with Crippen LogP contribution in [0.2, 0.25) is 5.15 Å². The van der Waals surface area contributed by atoms with Crippen LogP contribution in [0.25, 0.3) is 11.2 Å². The van der Waals surface area contributed by atoms with Crippen molar-refractivity contribution >= 4 is 40.7 Å². The first kappa shape index (κ1) is 22.6. The number of ether oxygens (including phenoxy) is 4. The van der Waals surface area contributed by atoms with E-state index in [0.717, 1.165) is 0 Å². The summed E-state index contributed by atoms with van der Waals surface area (Å²) in [4.78, 5) is 47.1. The third-order valence-electron chi connectivity index (χ3n) is 4.66. The van der Waals surface area contributed by atoms with Gasteiger partial charge in [0.2, 0.25) is 0 Å². The van der Waals surface area contributed by atoms with Crippen molar-refractivity contribution in [2.45, 2.75) is 51.9 Å². The molecule has 0 saturated carbocycles. The van der Waals surface area contributed by atoms with Crippen molar-refractivity contribution in [3.05, 3.63) is 35.3 Å². The van der Waals surface area contributed by atoms with E-state index in [4.69, 9.17) is 35.1 Å². The predicted octanol–water partition coefficient (Wildman–Crippen LogP) is 1.66. The number of fused-ring (bicyclic) bond motifs is 1. The van der Waals surface area contributed by atoms with Gasteiger partial charge in [0.25, 0.3) is 0 Å². The van der Waals surface area contributed by atoms with Crippen LogP contribution in [0.1, 0.15) is 44.6 Å². The number of rotatable bonds is 6. The summed E-state index contributed by atoms with van der Waals surface area (Å²) in [6.45, 7) is 3.56. The smallest absolute Gasteiger partial charge is 0.303 e. The van der Waals surface area contributed by atoms with Gasteiger partial charge in [-0.15, -0.1) is 0 Å². The van der Waals surface area contributed by atoms with Crippen molar-refractivity contribution in [3.63, 3.8) is 0 Å². The Balaban J connectivity index is 1.73. The van der Waals surface area contributed by atoms with Crippen LogP contribution in [0, 0.1) is 0 Å². The van der Waals surface area contributed by atoms with Gasteiger partial charge >= 0.3 is 17.9 Å². The second-order valence-electron chi connectivity index (χ2n) is 7.08. The molecule has 1 fully saturated rings. The van der Waals surface area contributed by atoms with Crippen LogP contribution in [0.3, 0.4) is 0 Å². The van der Waals surface area contributed by atoms with Crippen LogP contribution in [0.15, 0.2) is 23.2 Å². The number of carbonyl (C=O) groups excluding carboxylic acids is 3. The van der Waals surface area contributed by atoms with Crippen LogP contribution in [0.4, 0.5) is 0 Å². The van der Waals surface area contributed by atoms with E-state index in [0.29, 0.717) is 16.9 Å². The van der Waals surface area contributed by atoms with Gasteiger partial charge in [-0.1, -0.05) is 16.8 Å². The predicted molar refractivity (Wildman–Crippen MR) is 106 cm³/mol. The lowest BCUT2D eigenvalue weighted by molar-refractivity contribution is -0.165. The molecule has 0 aromatic carbocycles. The number of carbonyl (C=O) groups is 3. The van der Waals surface area contributed by atoms with E-state index in [2.05, 4.69) is 20.1 Å². The molecule has 3 aromatic heterocycles. The average Bonchev–Trinajstić information content (AvgIpc) is 3.44. The van der Waals surface area contributed by atoms with Crippen molar-refractivity contribution in [1.29, 1.82) is 0 Å². The molecule has 13 nitrogen and oxygen atoms in total. The monoisotopic (exact) mass is 479 g/mol. The zero-order valence-electron chi connectivity index (χ0n) is 17.6. The number of esters is 3. The van der Waals surface area contributed by atoms with E-state index in [-0.39, 0.29) is 17.5 Å². The van der Waals surface area contributed by atoms with Gasteiger partial charge in [-0.2, -0.15) is 0 Å². The van der Waals surface area contributed by atoms with Crippen molar-refractivity contribution < 1.29 is 37.9 Å². The summed E-state index contributed by atoms with van der Waals surface area (Å²) < 4.78 is 28.8. The third-order valence-corrected chi connectivity index (χ3v) is 4.94. The molecule has 0 amide bonds. The summed E-state index contributed by atoms with van der Waals surface area (Å²) in [5.41, 5.74) is 0.929. The molecule has 4 rings (SSSR count). The van der Waals surface area contributed by atoms with E-state index in [1.165, 1.54) is 44.1 Å². The lowest BCUT2D eigenvalue weighted by Crippen LogP contribution is -2.36. The first-order valence-electron chi connectivity index (χ1n) is 9.66. The van der Waals surface area contributed by atoms with Crippen molar-refractivity contribution in [1.82, 2.24) is 24.7 Å². The molecule has 0 aliphatic carbocycles. The first-order chi connectivity index (χ1) is 15.7. The van der Waals surface area contributed by atoms with Crippen molar-refractivity contribution in [2.75, 3.05) is 0 Å². The highest BCUT2D eigenvalue weighted by atomic mass is 35.5. The third kappa shape index (κ3) is 4.64. The van der Waals surface area contributed by atoms with Crippen molar-refractivity contribution in [2.24, 2.45) is 0 Å². The molecule has 174 valence electrons. The fourth-order valence-corrected chi connectivity index (χ4v) is 3.62. The van der Waals surface area contributed by atoms with Gasteiger partial charge in [0.1, 0.15) is 24.1 Å². The highest BCUT2D eigenvalue weighted by molar-refractivity contribution is 6.33. The summed E-state index contributed by atoms with van der Waals surface area (Å²) in [5, 5.41) is 3.97. The maximum Gasteiger partial charge on any atom is 0.303 e. The van der Waals surface area contributed by atoms with Crippen LogP contribution in [-0.2, 0) is 39.9 Å². The lowest BCUT2D eigenvalue weighted by atomic mass is 10.1. The molecule has 4 unspecified atom stereocenters. The molecule has 0 radical (unpaired) electrons. The molecule has 0 bridgehead atoms. The number of nitrogens with zero attached hydrogens (tertiary/aromatic N) is 5. The van der Waals surface area contributed by atoms with Crippen LogP contribution in [0.5, 0.6) is 0 Å². The molecule has 14 heteroatoms. The highest BCUT2D eigenvalue weighted by Crippen LogP contribution is 2.43.